The minimum atomic E-state index is -0.558. The van der Waals surface area contributed by atoms with Crippen molar-refractivity contribution in [3.63, 3.8) is 0 Å². The molecule has 0 spiro atoms. The Morgan fingerprint density at radius 2 is 1.66 bits per heavy atom. The number of benzene rings is 1. The number of allylic oxidation sites excluding steroid dienone is 2. The maximum atomic E-state index is 12.9. The molecule has 2 heterocycles. The predicted molar refractivity (Wildman–Crippen MR) is 117 cm³/mol. The van der Waals surface area contributed by atoms with Crippen molar-refractivity contribution in [3.8, 4) is 5.69 Å². The summed E-state index contributed by atoms with van der Waals surface area (Å²) in [7, 11) is 1.75. The zero-order valence-electron chi connectivity index (χ0n) is 17.9. The quantitative estimate of drug-likeness (QED) is 0.547. The predicted octanol–water partition coefficient (Wildman–Crippen LogP) is 1.41. The molecule has 0 unspecified atom stereocenters. The maximum Gasteiger partial charge on any atom is 0.319 e. The van der Waals surface area contributed by atoms with Gasteiger partial charge in [0.2, 0.25) is 11.8 Å². The molecule has 2 aliphatic carbocycles. The first-order chi connectivity index (χ1) is 15.4. The summed E-state index contributed by atoms with van der Waals surface area (Å²) in [4.78, 5) is 52.0. The molecule has 1 saturated carbocycles. The molecule has 166 valence electrons. The van der Waals surface area contributed by atoms with Crippen LogP contribution >= 0.6 is 0 Å². The summed E-state index contributed by atoms with van der Waals surface area (Å²) in [5, 5.41) is 5.28. The van der Waals surface area contributed by atoms with Gasteiger partial charge in [0.25, 0.3) is 5.56 Å². The van der Waals surface area contributed by atoms with Gasteiger partial charge < -0.3 is 10.6 Å². The third-order valence-electron chi connectivity index (χ3n) is 6.98. The smallest absolute Gasteiger partial charge is 0.319 e. The van der Waals surface area contributed by atoms with Crippen LogP contribution in [0.1, 0.15) is 12.1 Å². The summed E-state index contributed by atoms with van der Waals surface area (Å²) in [5.41, 5.74) is 1.14. The van der Waals surface area contributed by atoms with Gasteiger partial charge in [0.05, 0.1) is 23.2 Å². The first kappa shape index (κ1) is 20.3. The highest BCUT2D eigenvalue weighted by Crippen LogP contribution is 2.52. The van der Waals surface area contributed by atoms with E-state index in [1.807, 2.05) is 30.3 Å². The average Bonchev–Trinajstić information content (AvgIpc) is 3.51. The zero-order valence-corrected chi connectivity index (χ0v) is 17.9. The monoisotopic (exact) mass is 435 g/mol. The molecule has 1 aliphatic heterocycles. The standard InChI is InChI=1S/C23H25N5O4/c1-13-19(22(31)28(26(13)2)16-6-4-3-5-7-16)25-23(32)24-10-11-27-20(29)17-14-8-9-15(12-14)18(17)21(27)30/h3-9,14-15,17-18H,10-12H2,1-2H3,(H2,24,25,32)/t14-,15-,17+,18+/m0/s1. The summed E-state index contributed by atoms with van der Waals surface area (Å²) >= 11 is 0. The number of hydrogen-bond acceptors (Lipinski definition) is 4. The number of para-hydroxylation sites is 1. The number of carbonyl (C=O) groups is 3. The highest BCUT2D eigenvalue weighted by atomic mass is 16.2. The average molecular weight is 435 g/mol. The Hall–Kier alpha value is -3.62. The lowest BCUT2D eigenvalue weighted by Crippen LogP contribution is -2.41. The normalized spacial score (nSPS) is 25.5. The molecule has 4 atom stereocenters. The Morgan fingerprint density at radius 1 is 1.03 bits per heavy atom. The number of nitrogens with zero attached hydrogens (tertiary/aromatic N) is 3. The number of likely N-dealkylation sites (tertiary alicyclic amines) is 1. The summed E-state index contributed by atoms with van der Waals surface area (Å²) < 4.78 is 3.16. The van der Waals surface area contributed by atoms with Crippen LogP contribution in [-0.2, 0) is 16.6 Å². The van der Waals surface area contributed by atoms with Crippen LogP contribution in [0.2, 0.25) is 0 Å². The first-order valence-corrected chi connectivity index (χ1v) is 10.8. The molecule has 2 N–H and O–H groups in total. The van der Waals surface area contributed by atoms with Gasteiger partial charge in [-0.05, 0) is 37.3 Å². The molecule has 4 amide bonds. The van der Waals surface area contributed by atoms with Crippen molar-refractivity contribution in [1.29, 1.82) is 0 Å². The number of nitrogens with one attached hydrogen (secondary N) is 2. The van der Waals surface area contributed by atoms with Crippen molar-refractivity contribution in [2.45, 2.75) is 13.3 Å². The fourth-order valence-corrected chi connectivity index (χ4v) is 5.34. The van der Waals surface area contributed by atoms with Gasteiger partial charge in [0.15, 0.2) is 0 Å². The van der Waals surface area contributed by atoms with Crippen molar-refractivity contribution < 1.29 is 14.4 Å². The van der Waals surface area contributed by atoms with Gasteiger partial charge in [0, 0.05) is 20.1 Å². The Labute approximate surface area is 184 Å². The molecule has 5 rings (SSSR count). The summed E-state index contributed by atoms with van der Waals surface area (Å²) in [6.45, 7) is 1.99. The zero-order chi connectivity index (χ0) is 22.6. The highest BCUT2D eigenvalue weighted by Gasteiger charge is 2.58. The van der Waals surface area contributed by atoms with E-state index < -0.39 is 6.03 Å². The molecule has 3 aliphatic rings. The van der Waals surface area contributed by atoms with Gasteiger partial charge in [-0.15, -0.1) is 0 Å². The minimum Gasteiger partial charge on any atom is -0.336 e. The molecule has 9 nitrogen and oxygen atoms in total. The van der Waals surface area contributed by atoms with Gasteiger partial charge in [-0.3, -0.25) is 24.0 Å². The fourth-order valence-electron chi connectivity index (χ4n) is 5.34. The molecule has 2 fully saturated rings. The molecule has 1 aromatic heterocycles. The van der Waals surface area contributed by atoms with E-state index in [1.54, 1.807) is 18.7 Å². The van der Waals surface area contributed by atoms with Crippen molar-refractivity contribution in [2.24, 2.45) is 30.7 Å². The second kappa shape index (κ2) is 7.51. The lowest BCUT2D eigenvalue weighted by Gasteiger charge is -2.17. The van der Waals surface area contributed by atoms with Crippen molar-refractivity contribution in [2.75, 3.05) is 18.4 Å². The topological polar surface area (TPSA) is 105 Å². The summed E-state index contributed by atoms with van der Waals surface area (Å²) in [6, 6.07) is 8.59. The number of imide groups is 1. The molecule has 0 radical (unpaired) electrons. The molecular formula is C23H25N5O4. The van der Waals surface area contributed by atoms with Crippen LogP contribution in [0, 0.1) is 30.6 Å². The van der Waals surface area contributed by atoms with E-state index in [1.165, 1.54) is 9.58 Å². The van der Waals surface area contributed by atoms with Crippen molar-refractivity contribution in [1.82, 2.24) is 19.6 Å². The molecule has 2 bridgehead atoms. The third kappa shape index (κ3) is 2.99. The molecule has 1 aromatic carbocycles. The Balaban J connectivity index is 1.22. The van der Waals surface area contributed by atoms with Crippen molar-refractivity contribution in [3.05, 3.63) is 58.5 Å². The number of carbonyl (C=O) groups excluding carboxylic acids is 3. The highest BCUT2D eigenvalue weighted by molar-refractivity contribution is 6.06. The largest absolute Gasteiger partial charge is 0.336 e. The van der Waals surface area contributed by atoms with E-state index in [4.69, 9.17) is 0 Å². The second-order valence-corrected chi connectivity index (χ2v) is 8.65. The fraction of sp³-hybridized carbons (Fsp3) is 0.391. The SMILES string of the molecule is Cc1c(NC(=O)NCCN2C(=O)[C@H]3[C@H](C2=O)[C@H]2C=C[C@H]3C2)c(=O)n(-c2ccccc2)n1C. The van der Waals surface area contributed by atoms with E-state index in [9.17, 15) is 19.2 Å². The minimum absolute atomic E-state index is 0.115. The van der Waals surface area contributed by atoms with Crippen LogP contribution in [0.5, 0.6) is 0 Å². The first-order valence-electron chi connectivity index (χ1n) is 10.8. The Kier molecular flexibility index (Phi) is 4.76. The van der Waals surface area contributed by atoms with Crippen molar-refractivity contribution >= 4 is 23.5 Å². The van der Waals surface area contributed by atoms with Gasteiger partial charge in [-0.1, -0.05) is 30.4 Å². The number of aromatic nitrogens is 2. The van der Waals surface area contributed by atoms with E-state index >= 15 is 0 Å². The molecule has 1 saturated heterocycles. The third-order valence-corrected chi connectivity index (χ3v) is 6.98. The van der Waals surface area contributed by atoms with Crippen LogP contribution in [0.3, 0.4) is 0 Å². The van der Waals surface area contributed by atoms with Gasteiger partial charge >= 0.3 is 6.03 Å². The molecule has 2 aromatic rings. The van der Waals surface area contributed by atoms with Crippen LogP contribution in [0.4, 0.5) is 10.5 Å². The van der Waals surface area contributed by atoms with E-state index in [-0.39, 0.29) is 59.8 Å². The summed E-state index contributed by atoms with van der Waals surface area (Å²) in [5.74, 6) is -0.428. The van der Waals surface area contributed by atoms with E-state index in [2.05, 4.69) is 22.8 Å². The van der Waals surface area contributed by atoms with Crippen LogP contribution < -0.4 is 16.2 Å². The number of fused-ring (bicyclic) bond motifs is 5. The molecule has 32 heavy (non-hydrogen) atoms. The second-order valence-electron chi connectivity index (χ2n) is 8.65. The number of rotatable bonds is 5. The van der Waals surface area contributed by atoms with Crippen LogP contribution in [-0.4, -0.2) is 45.2 Å². The number of amides is 4. The summed E-state index contributed by atoms with van der Waals surface area (Å²) in [6.07, 6.45) is 4.99. The molecule has 9 heteroatoms. The van der Waals surface area contributed by atoms with Crippen LogP contribution in [0.25, 0.3) is 5.69 Å². The van der Waals surface area contributed by atoms with Gasteiger partial charge in [-0.25, -0.2) is 9.48 Å². The van der Waals surface area contributed by atoms with E-state index in [0.717, 1.165) is 6.42 Å². The number of hydrogen-bond donors (Lipinski definition) is 2. The number of anilines is 1. The molecular weight excluding hydrogens is 410 g/mol. The van der Waals surface area contributed by atoms with Crippen LogP contribution in [0.15, 0.2) is 47.3 Å². The number of urea groups is 1. The maximum absolute atomic E-state index is 12.9. The van der Waals surface area contributed by atoms with E-state index in [0.29, 0.717) is 11.4 Å². The van der Waals surface area contributed by atoms with Gasteiger partial charge in [0.1, 0.15) is 5.69 Å². The lowest BCUT2D eigenvalue weighted by molar-refractivity contribution is -0.140. The van der Waals surface area contributed by atoms with Gasteiger partial charge in [-0.2, -0.15) is 0 Å². The Bertz CT molecular complexity index is 1160. The Morgan fingerprint density at radius 3 is 2.28 bits per heavy atom. The lowest BCUT2D eigenvalue weighted by atomic mass is 9.85.